The van der Waals surface area contributed by atoms with E-state index in [9.17, 15) is 0 Å². The topological polar surface area (TPSA) is 12.9 Å². The van der Waals surface area contributed by atoms with Crippen molar-refractivity contribution in [1.82, 2.24) is 4.98 Å². The summed E-state index contributed by atoms with van der Waals surface area (Å²) in [6.45, 7) is 11.8. The zero-order valence-corrected chi connectivity index (χ0v) is 16.0. The Morgan fingerprint density at radius 3 is 2.35 bits per heavy atom. The maximum Gasteiger partial charge on any atom is 0.146 e. The summed E-state index contributed by atoms with van der Waals surface area (Å²) in [7, 11) is 0. The minimum atomic E-state index is 0.204. The lowest BCUT2D eigenvalue weighted by Crippen LogP contribution is -2.34. The van der Waals surface area contributed by atoms with Gasteiger partial charge in [-0.25, -0.2) is 4.98 Å². The largest absolute Gasteiger partial charge is 0.243 e. The second kappa shape index (κ2) is 4.70. The van der Waals surface area contributed by atoms with Crippen molar-refractivity contribution in [3.05, 3.63) is 40.2 Å². The SMILES string of the molecule is Cc1cc2c(sc3c(Cl)nccc32)c2c1C(C)(C)CCC2(C)C. The number of hydrogen-bond acceptors (Lipinski definition) is 2. The van der Waals surface area contributed by atoms with Crippen LogP contribution in [0.25, 0.3) is 20.2 Å². The number of pyridine rings is 1. The number of rotatable bonds is 0. The molecule has 2 heterocycles. The van der Waals surface area contributed by atoms with Crippen LogP contribution < -0.4 is 0 Å². The first kappa shape index (κ1) is 15.4. The van der Waals surface area contributed by atoms with Gasteiger partial charge in [-0.1, -0.05) is 39.3 Å². The lowest BCUT2D eigenvalue weighted by Gasteiger charge is -2.43. The maximum atomic E-state index is 6.38. The molecule has 1 aliphatic rings. The van der Waals surface area contributed by atoms with Gasteiger partial charge in [0.25, 0.3) is 0 Å². The van der Waals surface area contributed by atoms with Crippen LogP contribution in [0.3, 0.4) is 0 Å². The van der Waals surface area contributed by atoms with E-state index in [1.165, 1.54) is 33.9 Å². The van der Waals surface area contributed by atoms with Crippen molar-refractivity contribution >= 4 is 43.1 Å². The van der Waals surface area contributed by atoms with Crippen LogP contribution in [0.4, 0.5) is 0 Å². The number of benzene rings is 1. The molecule has 23 heavy (non-hydrogen) atoms. The molecule has 0 saturated carbocycles. The highest BCUT2D eigenvalue weighted by Crippen LogP contribution is 2.52. The average molecular weight is 344 g/mol. The summed E-state index contributed by atoms with van der Waals surface area (Å²) < 4.78 is 2.53. The van der Waals surface area contributed by atoms with E-state index in [2.05, 4.69) is 51.7 Å². The molecule has 0 aliphatic heterocycles. The molecular weight excluding hydrogens is 322 g/mol. The van der Waals surface area contributed by atoms with Crippen LogP contribution in [0.1, 0.15) is 57.2 Å². The molecule has 0 unspecified atom stereocenters. The molecule has 0 amide bonds. The Morgan fingerprint density at radius 1 is 1.00 bits per heavy atom. The number of fused-ring (bicyclic) bond motifs is 5. The van der Waals surface area contributed by atoms with Crippen LogP contribution in [0.5, 0.6) is 0 Å². The maximum absolute atomic E-state index is 6.38. The summed E-state index contributed by atoms with van der Waals surface area (Å²) in [6, 6.07) is 4.47. The molecule has 2 aromatic heterocycles. The van der Waals surface area contributed by atoms with Crippen molar-refractivity contribution in [2.75, 3.05) is 0 Å². The molecule has 0 spiro atoms. The predicted octanol–water partition coefficient (Wildman–Crippen LogP) is 6.76. The van der Waals surface area contributed by atoms with Gasteiger partial charge in [-0.05, 0) is 59.4 Å². The molecule has 0 N–H and O–H groups in total. The van der Waals surface area contributed by atoms with Crippen LogP contribution in [0, 0.1) is 6.92 Å². The summed E-state index contributed by atoms with van der Waals surface area (Å²) in [5.74, 6) is 0. The molecule has 0 radical (unpaired) electrons. The third kappa shape index (κ3) is 2.08. The quantitative estimate of drug-likeness (QED) is 0.411. The van der Waals surface area contributed by atoms with Gasteiger partial charge in [-0.3, -0.25) is 0 Å². The molecule has 0 saturated heterocycles. The van der Waals surface area contributed by atoms with E-state index in [1.54, 1.807) is 11.1 Å². The average Bonchev–Trinajstić information content (AvgIpc) is 2.83. The fourth-order valence-electron chi connectivity index (χ4n) is 4.33. The van der Waals surface area contributed by atoms with Crippen LogP contribution in [-0.2, 0) is 10.8 Å². The standard InChI is InChI=1S/C20H22ClNS/c1-11-10-13-12-6-9-22-18(21)17(12)23-16(13)15-14(11)19(2,3)7-8-20(15,4)5/h6,9-10H,7-8H2,1-5H3. The van der Waals surface area contributed by atoms with E-state index in [0.29, 0.717) is 5.15 Å². The van der Waals surface area contributed by atoms with E-state index in [4.69, 9.17) is 11.6 Å². The lowest BCUT2D eigenvalue weighted by molar-refractivity contribution is 0.333. The zero-order chi connectivity index (χ0) is 16.6. The Bertz CT molecular complexity index is 949. The Kier molecular flexibility index (Phi) is 3.15. The van der Waals surface area contributed by atoms with Gasteiger partial charge in [0.1, 0.15) is 5.15 Å². The molecule has 0 atom stereocenters. The van der Waals surface area contributed by atoms with Crippen molar-refractivity contribution in [3.8, 4) is 0 Å². The summed E-state index contributed by atoms with van der Waals surface area (Å²) in [5.41, 5.74) is 4.95. The normalized spacial score (nSPS) is 19.2. The third-order valence-corrected chi connectivity index (χ3v) is 7.20. The number of aryl methyl sites for hydroxylation is 1. The molecule has 3 heteroatoms. The van der Waals surface area contributed by atoms with Crippen molar-refractivity contribution in [1.29, 1.82) is 0 Å². The molecule has 120 valence electrons. The third-order valence-electron chi connectivity index (χ3n) is 5.56. The number of hydrogen-bond donors (Lipinski definition) is 0. The number of aromatic nitrogens is 1. The summed E-state index contributed by atoms with van der Waals surface area (Å²) in [4.78, 5) is 4.28. The van der Waals surface area contributed by atoms with E-state index in [1.807, 2.05) is 17.5 Å². The van der Waals surface area contributed by atoms with Crippen molar-refractivity contribution in [2.45, 2.75) is 58.3 Å². The first-order valence-corrected chi connectivity index (χ1v) is 9.43. The van der Waals surface area contributed by atoms with Crippen molar-refractivity contribution < 1.29 is 0 Å². The van der Waals surface area contributed by atoms with E-state index in [-0.39, 0.29) is 10.8 Å². The molecule has 1 nitrogen and oxygen atoms in total. The number of thiophene rings is 1. The number of nitrogens with zero attached hydrogens (tertiary/aromatic N) is 1. The fourth-order valence-corrected chi connectivity index (χ4v) is 5.99. The monoisotopic (exact) mass is 343 g/mol. The molecule has 3 aromatic rings. The molecule has 1 aromatic carbocycles. The van der Waals surface area contributed by atoms with Crippen molar-refractivity contribution in [2.24, 2.45) is 0 Å². The molecule has 4 rings (SSSR count). The first-order chi connectivity index (χ1) is 10.7. The zero-order valence-electron chi connectivity index (χ0n) is 14.4. The van der Waals surface area contributed by atoms with Gasteiger partial charge in [0.15, 0.2) is 0 Å². The fraction of sp³-hybridized carbons (Fsp3) is 0.450. The Morgan fingerprint density at radius 2 is 1.65 bits per heavy atom. The first-order valence-electron chi connectivity index (χ1n) is 8.24. The highest BCUT2D eigenvalue weighted by Gasteiger charge is 2.40. The Labute approximate surface area is 146 Å². The second-order valence-electron chi connectivity index (χ2n) is 8.17. The molecule has 1 aliphatic carbocycles. The summed E-state index contributed by atoms with van der Waals surface area (Å²) >= 11 is 8.20. The van der Waals surface area contributed by atoms with E-state index >= 15 is 0 Å². The molecule has 0 fully saturated rings. The highest BCUT2D eigenvalue weighted by atomic mass is 35.5. The van der Waals surface area contributed by atoms with Gasteiger partial charge in [-0.2, -0.15) is 0 Å². The summed E-state index contributed by atoms with van der Waals surface area (Å²) in [6.07, 6.45) is 4.29. The lowest BCUT2D eigenvalue weighted by atomic mass is 9.62. The van der Waals surface area contributed by atoms with Gasteiger partial charge >= 0.3 is 0 Å². The van der Waals surface area contributed by atoms with Gasteiger partial charge in [0.2, 0.25) is 0 Å². The van der Waals surface area contributed by atoms with Crippen LogP contribution in [-0.4, -0.2) is 4.98 Å². The van der Waals surface area contributed by atoms with E-state index < -0.39 is 0 Å². The van der Waals surface area contributed by atoms with Crippen molar-refractivity contribution in [3.63, 3.8) is 0 Å². The van der Waals surface area contributed by atoms with Gasteiger partial charge in [0, 0.05) is 21.7 Å². The molecular formula is C20H22ClNS. The number of halogens is 1. The highest BCUT2D eigenvalue weighted by molar-refractivity contribution is 7.26. The van der Waals surface area contributed by atoms with E-state index in [0.717, 1.165) is 4.70 Å². The van der Waals surface area contributed by atoms with Crippen LogP contribution in [0.15, 0.2) is 18.3 Å². The van der Waals surface area contributed by atoms with Crippen LogP contribution >= 0.6 is 22.9 Å². The second-order valence-corrected chi connectivity index (χ2v) is 9.55. The van der Waals surface area contributed by atoms with Crippen LogP contribution in [0.2, 0.25) is 5.15 Å². The smallest absolute Gasteiger partial charge is 0.146 e. The Hall–Kier alpha value is -1.12. The summed E-state index contributed by atoms with van der Waals surface area (Å²) in [5, 5.41) is 3.22. The van der Waals surface area contributed by atoms with Gasteiger partial charge < -0.3 is 0 Å². The molecule has 0 bridgehead atoms. The van der Waals surface area contributed by atoms with Gasteiger partial charge in [0.05, 0.1) is 4.70 Å². The van der Waals surface area contributed by atoms with Gasteiger partial charge in [-0.15, -0.1) is 11.3 Å². The minimum absolute atomic E-state index is 0.204. The Balaban J connectivity index is 2.25. The predicted molar refractivity (Wildman–Crippen MR) is 102 cm³/mol. The minimum Gasteiger partial charge on any atom is -0.243 e.